The third-order valence-corrected chi connectivity index (χ3v) is 4.37. The maximum absolute atomic E-state index is 12.8. The van der Waals surface area contributed by atoms with Crippen LogP contribution in [0.2, 0.25) is 0 Å². The van der Waals surface area contributed by atoms with E-state index >= 15 is 0 Å². The summed E-state index contributed by atoms with van der Waals surface area (Å²) in [4.78, 5) is 32.7. The quantitative estimate of drug-likeness (QED) is 0.790. The van der Waals surface area contributed by atoms with Gasteiger partial charge >= 0.3 is 0 Å². The van der Waals surface area contributed by atoms with E-state index in [2.05, 4.69) is 4.98 Å². The molecule has 3 rings (SSSR count). The first-order chi connectivity index (χ1) is 12.2. The SMILES string of the molecule is CCN(C(=O)C=Cc1ccncc1)C1CCN(c2ccccc2)C1=O. The van der Waals surface area contributed by atoms with Crippen molar-refractivity contribution < 1.29 is 9.59 Å². The van der Waals surface area contributed by atoms with Crippen molar-refractivity contribution in [1.82, 2.24) is 9.88 Å². The summed E-state index contributed by atoms with van der Waals surface area (Å²) in [5, 5.41) is 0. The lowest BCUT2D eigenvalue weighted by atomic mass is 10.2. The van der Waals surface area contributed by atoms with Crippen LogP contribution in [0, 0.1) is 0 Å². The van der Waals surface area contributed by atoms with Gasteiger partial charge in [-0.2, -0.15) is 0 Å². The molecule has 0 N–H and O–H groups in total. The normalized spacial score (nSPS) is 17.2. The zero-order chi connectivity index (χ0) is 17.6. The van der Waals surface area contributed by atoms with E-state index in [9.17, 15) is 9.59 Å². The van der Waals surface area contributed by atoms with Gasteiger partial charge in [-0.15, -0.1) is 0 Å². The van der Waals surface area contributed by atoms with Crippen molar-refractivity contribution in [3.63, 3.8) is 0 Å². The summed E-state index contributed by atoms with van der Waals surface area (Å²) in [6, 6.07) is 12.8. The Balaban J connectivity index is 1.72. The average molecular weight is 335 g/mol. The van der Waals surface area contributed by atoms with Crippen LogP contribution in [-0.2, 0) is 9.59 Å². The average Bonchev–Trinajstić information content (AvgIpc) is 3.04. The molecule has 0 aliphatic carbocycles. The maximum Gasteiger partial charge on any atom is 0.249 e. The van der Waals surface area contributed by atoms with Gasteiger partial charge in [0.15, 0.2) is 0 Å². The Labute approximate surface area is 147 Å². The minimum Gasteiger partial charge on any atom is -0.327 e. The Morgan fingerprint density at radius 2 is 1.96 bits per heavy atom. The number of carbonyl (C=O) groups excluding carboxylic acids is 2. The van der Waals surface area contributed by atoms with Crippen LogP contribution in [0.4, 0.5) is 5.69 Å². The van der Waals surface area contributed by atoms with Gasteiger partial charge in [0.25, 0.3) is 0 Å². The molecule has 1 atom stereocenters. The Bertz CT molecular complexity index is 759. The van der Waals surface area contributed by atoms with Crippen LogP contribution in [0.3, 0.4) is 0 Å². The summed E-state index contributed by atoms with van der Waals surface area (Å²) < 4.78 is 0. The number of anilines is 1. The summed E-state index contributed by atoms with van der Waals surface area (Å²) >= 11 is 0. The summed E-state index contributed by atoms with van der Waals surface area (Å²) in [7, 11) is 0. The van der Waals surface area contributed by atoms with Crippen molar-refractivity contribution in [2.45, 2.75) is 19.4 Å². The number of amides is 2. The van der Waals surface area contributed by atoms with Crippen LogP contribution in [-0.4, -0.2) is 40.8 Å². The number of nitrogens with zero attached hydrogens (tertiary/aromatic N) is 3. The van der Waals surface area contributed by atoms with Gasteiger partial charge in [0.1, 0.15) is 6.04 Å². The number of carbonyl (C=O) groups is 2. The first kappa shape index (κ1) is 16.9. The standard InChI is InChI=1S/C20H21N3O2/c1-2-22(19(24)9-8-16-10-13-21-14-11-16)18-12-15-23(20(18)25)17-6-4-3-5-7-17/h3-11,13-14,18H,2,12,15H2,1H3. The number of benzene rings is 1. The molecule has 0 spiro atoms. The molecular weight excluding hydrogens is 314 g/mol. The van der Waals surface area contributed by atoms with Crippen molar-refractivity contribution in [2.75, 3.05) is 18.0 Å². The molecule has 5 heteroatoms. The largest absolute Gasteiger partial charge is 0.327 e. The Morgan fingerprint density at radius 3 is 2.64 bits per heavy atom. The van der Waals surface area contributed by atoms with E-state index in [0.29, 0.717) is 19.5 Å². The topological polar surface area (TPSA) is 53.5 Å². The highest BCUT2D eigenvalue weighted by Crippen LogP contribution is 2.24. The number of hydrogen-bond acceptors (Lipinski definition) is 3. The highest BCUT2D eigenvalue weighted by atomic mass is 16.2. The predicted octanol–water partition coefficient (Wildman–Crippen LogP) is 2.75. The summed E-state index contributed by atoms with van der Waals surface area (Å²) in [6.45, 7) is 3.03. The first-order valence-electron chi connectivity index (χ1n) is 8.46. The molecule has 2 aromatic rings. The fourth-order valence-corrected chi connectivity index (χ4v) is 3.09. The molecule has 1 aromatic carbocycles. The second-order valence-electron chi connectivity index (χ2n) is 5.87. The van der Waals surface area contributed by atoms with E-state index in [1.165, 1.54) is 6.08 Å². The molecule has 1 aliphatic rings. The summed E-state index contributed by atoms with van der Waals surface area (Å²) in [5.41, 5.74) is 1.79. The molecule has 5 nitrogen and oxygen atoms in total. The van der Waals surface area contributed by atoms with Gasteiger partial charge in [-0.05, 0) is 49.2 Å². The van der Waals surface area contributed by atoms with E-state index < -0.39 is 6.04 Å². The van der Waals surface area contributed by atoms with E-state index in [1.54, 1.807) is 28.3 Å². The fraction of sp³-hybridized carbons (Fsp3) is 0.250. The van der Waals surface area contributed by atoms with Crippen LogP contribution < -0.4 is 4.90 Å². The maximum atomic E-state index is 12.8. The molecule has 1 aromatic heterocycles. The van der Waals surface area contributed by atoms with Gasteiger partial charge in [0.2, 0.25) is 11.8 Å². The molecule has 2 heterocycles. The second-order valence-corrected chi connectivity index (χ2v) is 5.87. The molecule has 0 bridgehead atoms. The molecule has 1 aliphatic heterocycles. The lowest BCUT2D eigenvalue weighted by molar-refractivity contribution is -0.134. The molecule has 0 radical (unpaired) electrons. The minimum atomic E-state index is -0.403. The number of likely N-dealkylation sites (N-methyl/N-ethyl adjacent to an activating group) is 1. The van der Waals surface area contributed by atoms with Crippen LogP contribution in [0.5, 0.6) is 0 Å². The first-order valence-corrected chi connectivity index (χ1v) is 8.46. The van der Waals surface area contributed by atoms with Crippen molar-refractivity contribution >= 4 is 23.6 Å². The zero-order valence-corrected chi connectivity index (χ0v) is 14.2. The smallest absolute Gasteiger partial charge is 0.249 e. The number of hydrogen-bond donors (Lipinski definition) is 0. The van der Waals surface area contributed by atoms with E-state index in [0.717, 1.165) is 11.3 Å². The van der Waals surface area contributed by atoms with Gasteiger partial charge in [0, 0.05) is 37.2 Å². The van der Waals surface area contributed by atoms with Crippen molar-refractivity contribution in [1.29, 1.82) is 0 Å². The van der Waals surface area contributed by atoms with Crippen LogP contribution >= 0.6 is 0 Å². The molecular formula is C20H21N3O2. The molecule has 1 fully saturated rings. The van der Waals surface area contributed by atoms with Crippen molar-refractivity contribution in [3.8, 4) is 0 Å². The van der Waals surface area contributed by atoms with Gasteiger partial charge in [-0.1, -0.05) is 18.2 Å². The van der Waals surface area contributed by atoms with Crippen LogP contribution in [0.25, 0.3) is 6.08 Å². The van der Waals surface area contributed by atoms with Gasteiger partial charge < -0.3 is 9.80 Å². The number of aromatic nitrogens is 1. The number of para-hydroxylation sites is 1. The highest BCUT2D eigenvalue weighted by Gasteiger charge is 2.37. The summed E-state index contributed by atoms with van der Waals surface area (Å²) in [6.07, 6.45) is 7.29. The monoisotopic (exact) mass is 335 g/mol. The number of pyridine rings is 1. The highest BCUT2D eigenvalue weighted by molar-refractivity contribution is 6.03. The van der Waals surface area contributed by atoms with Gasteiger partial charge in [-0.25, -0.2) is 0 Å². The molecule has 128 valence electrons. The molecule has 25 heavy (non-hydrogen) atoms. The Kier molecular flexibility index (Phi) is 5.23. The van der Waals surface area contributed by atoms with E-state index in [1.807, 2.05) is 49.4 Å². The van der Waals surface area contributed by atoms with Gasteiger partial charge in [-0.3, -0.25) is 14.6 Å². The van der Waals surface area contributed by atoms with Crippen LogP contribution in [0.15, 0.2) is 60.9 Å². The van der Waals surface area contributed by atoms with E-state index in [4.69, 9.17) is 0 Å². The fourth-order valence-electron chi connectivity index (χ4n) is 3.09. The third kappa shape index (κ3) is 3.76. The Hall–Kier alpha value is -2.95. The second kappa shape index (κ2) is 7.75. The van der Waals surface area contributed by atoms with Gasteiger partial charge in [0.05, 0.1) is 0 Å². The molecule has 2 amide bonds. The van der Waals surface area contributed by atoms with Crippen molar-refractivity contribution in [2.24, 2.45) is 0 Å². The van der Waals surface area contributed by atoms with Crippen LogP contribution in [0.1, 0.15) is 18.9 Å². The lowest BCUT2D eigenvalue weighted by Crippen LogP contribution is -2.44. The minimum absolute atomic E-state index is 0.0151. The summed E-state index contributed by atoms with van der Waals surface area (Å²) in [5.74, 6) is -0.161. The molecule has 1 saturated heterocycles. The lowest BCUT2D eigenvalue weighted by Gasteiger charge is -2.25. The van der Waals surface area contributed by atoms with Crippen molar-refractivity contribution in [3.05, 3.63) is 66.5 Å². The third-order valence-electron chi connectivity index (χ3n) is 4.37. The number of rotatable bonds is 5. The molecule has 0 saturated carbocycles. The predicted molar refractivity (Wildman–Crippen MR) is 97.9 cm³/mol. The molecule has 1 unspecified atom stereocenters. The Morgan fingerprint density at radius 1 is 1.24 bits per heavy atom. The van der Waals surface area contributed by atoms with E-state index in [-0.39, 0.29) is 11.8 Å². The zero-order valence-electron chi connectivity index (χ0n) is 14.2.